The fourth-order valence-electron chi connectivity index (χ4n) is 1.87. The van der Waals surface area contributed by atoms with Gasteiger partial charge >= 0.3 is 0 Å². The van der Waals surface area contributed by atoms with Crippen LogP contribution in [0.1, 0.15) is 11.1 Å². The van der Waals surface area contributed by atoms with Crippen LogP contribution in [0, 0.1) is 0 Å². The lowest BCUT2D eigenvalue weighted by Gasteiger charge is -2.07. The summed E-state index contributed by atoms with van der Waals surface area (Å²) in [5.41, 5.74) is 1.85. The molecule has 3 rings (SSSR count). The predicted octanol–water partition coefficient (Wildman–Crippen LogP) is 4.05. The third kappa shape index (κ3) is 4.31. The largest absolute Gasteiger partial charge is 0.489 e. The highest BCUT2D eigenvalue weighted by Crippen LogP contribution is 2.23. The zero-order chi connectivity index (χ0) is 16.1. The van der Waals surface area contributed by atoms with Crippen molar-refractivity contribution in [2.24, 2.45) is 5.10 Å². The van der Waals surface area contributed by atoms with Crippen molar-refractivity contribution in [3.8, 4) is 5.75 Å². The molecule has 1 aromatic heterocycles. The maximum atomic E-state index is 5.99. The van der Waals surface area contributed by atoms with Gasteiger partial charge in [-0.3, -0.25) is 0 Å². The van der Waals surface area contributed by atoms with Gasteiger partial charge in [0.2, 0.25) is 0 Å². The van der Waals surface area contributed by atoms with Crippen LogP contribution in [-0.4, -0.2) is 21.1 Å². The molecule has 0 aliphatic heterocycles. The second-order valence-corrected chi connectivity index (χ2v) is 5.51. The minimum atomic E-state index is 0.406. The number of ether oxygens (including phenoxy) is 1. The minimum Gasteiger partial charge on any atom is -0.489 e. The van der Waals surface area contributed by atoms with E-state index in [1.807, 2.05) is 30.3 Å². The van der Waals surface area contributed by atoms with Crippen LogP contribution in [0.2, 0.25) is 10.0 Å². The molecule has 0 saturated carbocycles. The average Bonchev–Trinajstić information content (AvgIpc) is 3.08. The van der Waals surface area contributed by atoms with Crippen LogP contribution >= 0.6 is 23.2 Å². The summed E-state index contributed by atoms with van der Waals surface area (Å²) in [5, 5.41) is 12.6. The van der Waals surface area contributed by atoms with Crippen molar-refractivity contribution >= 4 is 29.4 Å². The molecule has 0 amide bonds. The number of aromatic nitrogens is 3. The summed E-state index contributed by atoms with van der Waals surface area (Å²) in [6.45, 7) is 0.406. The second kappa shape index (κ2) is 7.26. The van der Waals surface area contributed by atoms with Gasteiger partial charge < -0.3 is 4.74 Å². The van der Waals surface area contributed by atoms with E-state index in [0.29, 0.717) is 16.7 Å². The van der Waals surface area contributed by atoms with Crippen LogP contribution in [0.4, 0.5) is 0 Å². The molecule has 0 spiro atoms. The maximum absolute atomic E-state index is 5.99. The number of rotatable bonds is 5. The lowest BCUT2D eigenvalue weighted by atomic mass is 10.2. The monoisotopic (exact) mass is 346 g/mol. The van der Waals surface area contributed by atoms with Crippen molar-refractivity contribution in [1.29, 1.82) is 0 Å². The van der Waals surface area contributed by atoms with Gasteiger partial charge in [-0.2, -0.15) is 5.10 Å². The first-order valence-corrected chi connectivity index (χ1v) is 7.52. The molecular formula is C16H12Cl2N4O. The van der Waals surface area contributed by atoms with Gasteiger partial charge in [-0.1, -0.05) is 41.4 Å². The molecule has 7 heteroatoms. The molecule has 0 aliphatic carbocycles. The van der Waals surface area contributed by atoms with E-state index in [9.17, 15) is 0 Å². The van der Waals surface area contributed by atoms with Crippen LogP contribution in [0.15, 0.2) is 60.2 Å². The number of halogens is 2. The number of nitrogens with zero attached hydrogens (tertiary/aromatic N) is 4. The van der Waals surface area contributed by atoms with Crippen molar-refractivity contribution < 1.29 is 4.74 Å². The topological polar surface area (TPSA) is 52.3 Å². The highest BCUT2D eigenvalue weighted by atomic mass is 35.5. The lowest BCUT2D eigenvalue weighted by molar-refractivity contribution is 0.306. The van der Waals surface area contributed by atoms with E-state index in [1.165, 1.54) is 17.3 Å². The summed E-state index contributed by atoms with van der Waals surface area (Å²) in [6.07, 6.45) is 4.73. The molecule has 0 saturated heterocycles. The van der Waals surface area contributed by atoms with Gasteiger partial charge in [-0.15, -0.1) is 10.2 Å². The van der Waals surface area contributed by atoms with Crippen molar-refractivity contribution in [1.82, 2.24) is 14.9 Å². The Morgan fingerprint density at radius 2 is 1.87 bits per heavy atom. The summed E-state index contributed by atoms with van der Waals surface area (Å²) < 4.78 is 7.29. The number of hydrogen-bond acceptors (Lipinski definition) is 4. The Kier molecular flexibility index (Phi) is 4.90. The highest BCUT2D eigenvalue weighted by Gasteiger charge is 2.01. The Hall–Kier alpha value is -2.37. The molecule has 0 fully saturated rings. The molecule has 2 aromatic carbocycles. The number of hydrogen-bond donors (Lipinski definition) is 0. The second-order valence-electron chi connectivity index (χ2n) is 4.70. The van der Waals surface area contributed by atoms with Crippen molar-refractivity contribution in [3.05, 3.63) is 76.3 Å². The van der Waals surface area contributed by atoms with Gasteiger partial charge in [0.15, 0.2) is 0 Å². The normalized spacial score (nSPS) is 11.0. The molecule has 1 heterocycles. The Morgan fingerprint density at radius 3 is 2.65 bits per heavy atom. The Morgan fingerprint density at radius 1 is 1.04 bits per heavy atom. The van der Waals surface area contributed by atoms with Crippen LogP contribution in [0.5, 0.6) is 5.75 Å². The molecule has 0 aliphatic rings. The van der Waals surface area contributed by atoms with Gasteiger partial charge in [-0.25, -0.2) is 4.68 Å². The Balaban J connectivity index is 1.66. The molecule has 0 bridgehead atoms. The fraction of sp³-hybridized carbons (Fsp3) is 0.0625. The smallest absolute Gasteiger partial charge is 0.141 e. The molecule has 23 heavy (non-hydrogen) atoms. The summed E-state index contributed by atoms with van der Waals surface area (Å²) >= 11 is 11.9. The quantitative estimate of drug-likeness (QED) is 0.655. The van der Waals surface area contributed by atoms with Gasteiger partial charge in [0.05, 0.1) is 16.3 Å². The van der Waals surface area contributed by atoms with Crippen molar-refractivity contribution in [2.75, 3.05) is 0 Å². The van der Waals surface area contributed by atoms with Gasteiger partial charge in [0.1, 0.15) is 25.0 Å². The van der Waals surface area contributed by atoms with E-state index in [2.05, 4.69) is 15.3 Å². The van der Waals surface area contributed by atoms with Crippen LogP contribution < -0.4 is 4.74 Å². The SMILES string of the molecule is Clc1ccc(COc2cccc(C=Nn3cnnc3)c2)cc1Cl. The first-order chi connectivity index (χ1) is 11.2. The van der Waals surface area contributed by atoms with Crippen molar-refractivity contribution in [2.45, 2.75) is 6.61 Å². The van der Waals surface area contributed by atoms with Gasteiger partial charge in [0.25, 0.3) is 0 Å². The molecule has 116 valence electrons. The Labute approximate surface area is 143 Å². The zero-order valence-corrected chi connectivity index (χ0v) is 13.4. The molecule has 5 nitrogen and oxygen atoms in total. The van der Waals surface area contributed by atoms with E-state index in [1.54, 1.807) is 18.3 Å². The fourth-order valence-corrected chi connectivity index (χ4v) is 2.19. The third-order valence-electron chi connectivity index (χ3n) is 2.99. The maximum Gasteiger partial charge on any atom is 0.141 e. The Bertz CT molecular complexity index is 819. The van der Waals surface area contributed by atoms with E-state index in [0.717, 1.165) is 16.9 Å². The highest BCUT2D eigenvalue weighted by molar-refractivity contribution is 6.42. The molecule has 0 atom stereocenters. The summed E-state index contributed by atoms with van der Waals surface area (Å²) in [7, 11) is 0. The van der Waals surface area contributed by atoms with E-state index >= 15 is 0 Å². The van der Waals surface area contributed by atoms with E-state index in [4.69, 9.17) is 27.9 Å². The minimum absolute atomic E-state index is 0.406. The van der Waals surface area contributed by atoms with Crippen LogP contribution in [0.3, 0.4) is 0 Å². The van der Waals surface area contributed by atoms with E-state index in [-0.39, 0.29) is 0 Å². The summed E-state index contributed by atoms with van der Waals surface area (Å²) in [5.74, 6) is 0.740. The van der Waals surface area contributed by atoms with Crippen molar-refractivity contribution in [3.63, 3.8) is 0 Å². The van der Waals surface area contributed by atoms with E-state index < -0.39 is 0 Å². The predicted molar refractivity (Wildman–Crippen MR) is 90.3 cm³/mol. The third-order valence-corrected chi connectivity index (χ3v) is 3.73. The standard InChI is InChI=1S/C16H12Cl2N4O/c17-15-5-4-13(7-16(15)18)9-23-14-3-1-2-12(6-14)8-21-22-10-19-20-11-22/h1-8,10-11H,9H2. The first-order valence-electron chi connectivity index (χ1n) is 6.76. The molecular weight excluding hydrogens is 335 g/mol. The molecule has 0 unspecified atom stereocenters. The average molecular weight is 347 g/mol. The first kappa shape index (κ1) is 15.5. The molecule has 0 radical (unpaired) electrons. The molecule has 0 N–H and O–H groups in total. The van der Waals surface area contributed by atoms with Crippen LogP contribution in [0.25, 0.3) is 0 Å². The van der Waals surface area contributed by atoms with Gasteiger partial charge in [-0.05, 0) is 35.4 Å². The summed E-state index contributed by atoms with van der Waals surface area (Å²) in [4.78, 5) is 0. The zero-order valence-electron chi connectivity index (χ0n) is 11.9. The lowest BCUT2D eigenvalue weighted by Crippen LogP contribution is -1.96. The van der Waals surface area contributed by atoms with Gasteiger partial charge in [0, 0.05) is 0 Å². The summed E-state index contributed by atoms with van der Waals surface area (Å²) in [6, 6.07) is 13.0. The number of benzene rings is 2. The van der Waals surface area contributed by atoms with Crippen LogP contribution in [-0.2, 0) is 6.61 Å². The molecule has 3 aromatic rings.